The van der Waals surface area contributed by atoms with Crippen molar-refractivity contribution in [2.45, 2.75) is 13.1 Å². The fraction of sp³-hybridized carbons (Fsp3) is 0.444. The van der Waals surface area contributed by atoms with Crippen LogP contribution in [0.5, 0.6) is 0 Å². The lowest BCUT2D eigenvalue weighted by Crippen LogP contribution is -2.28. The Labute approximate surface area is 131 Å². The standard InChI is InChI=1S/C18H22N4/c1-2-7-20-18(5-1)14-22-12-16-10-21(11-17(16)13-22)9-15-4-3-6-19-8-15/h1-8,16-17H,9-14H2/t16-,17+. The summed E-state index contributed by atoms with van der Waals surface area (Å²) in [5, 5.41) is 0. The summed E-state index contributed by atoms with van der Waals surface area (Å²) in [7, 11) is 0. The van der Waals surface area contributed by atoms with E-state index in [0.29, 0.717) is 0 Å². The van der Waals surface area contributed by atoms with Gasteiger partial charge < -0.3 is 0 Å². The number of aromatic nitrogens is 2. The molecule has 0 radical (unpaired) electrons. The van der Waals surface area contributed by atoms with Crippen molar-refractivity contribution in [1.29, 1.82) is 0 Å². The van der Waals surface area contributed by atoms with Gasteiger partial charge in [-0.1, -0.05) is 12.1 Å². The average Bonchev–Trinajstić information content (AvgIpc) is 3.07. The zero-order valence-corrected chi connectivity index (χ0v) is 12.8. The molecule has 2 aromatic heterocycles. The van der Waals surface area contributed by atoms with E-state index in [-0.39, 0.29) is 0 Å². The van der Waals surface area contributed by atoms with E-state index in [1.165, 1.54) is 37.4 Å². The van der Waals surface area contributed by atoms with Gasteiger partial charge in [0.1, 0.15) is 0 Å². The normalized spacial score (nSPS) is 25.5. The highest BCUT2D eigenvalue weighted by molar-refractivity contribution is 5.09. The maximum absolute atomic E-state index is 4.45. The third-order valence-electron chi connectivity index (χ3n) is 4.88. The molecule has 22 heavy (non-hydrogen) atoms. The fourth-order valence-corrected chi connectivity index (χ4v) is 3.92. The molecular formula is C18H22N4. The summed E-state index contributed by atoms with van der Waals surface area (Å²) in [6.07, 6.45) is 5.72. The molecule has 2 aliphatic heterocycles. The topological polar surface area (TPSA) is 32.3 Å². The minimum absolute atomic E-state index is 0.820. The Kier molecular flexibility index (Phi) is 3.87. The molecule has 2 aliphatic rings. The second-order valence-electron chi connectivity index (χ2n) is 6.59. The van der Waals surface area contributed by atoms with E-state index in [1.807, 2.05) is 30.7 Å². The van der Waals surface area contributed by atoms with Gasteiger partial charge in [-0.3, -0.25) is 19.8 Å². The first-order valence-electron chi connectivity index (χ1n) is 8.10. The molecule has 2 saturated heterocycles. The van der Waals surface area contributed by atoms with Gasteiger partial charge in [0, 0.05) is 57.9 Å². The number of nitrogens with zero attached hydrogens (tertiary/aromatic N) is 4. The maximum Gasteiger partial charge on any atom is 0.0543 e. The molecule has 0 unspecified atom stereocenters. The fourth-order valence-electron chi connectivity index (χ4n) is 3.92. The van der Waals surface area contributed by atoms with E-state index in [9.17, 15) is 0 Å². The number of likely N-dealkylation sites (tertiary alicyclic amines) is 2. The molecule has 0 amide bonds. The van der Waals surface area contributed by atoms with Crippen LogP contribution < -0.4 is 0 Å². The summed E-state index contributed by atoms with van der Waals surface area (Å²) in [6.45, 7) is 6.91. The van der Waals surface area contributed by atoms with E-state index in [0.717, 1.165) is 24.9 Å². The van der Waals surface area contributed by atoms with Crippen LogP contribution in [0, 0.1) is 11.8 Å². The Morgan fingerprint density at radius 1 is 0.864 bits per heavy atom. The van der Waals surface area contributed by atoms with Crippen LogP contribution in [-0.2, 0) is 13.1 Å². The average molecular weight is 294 g/mol. The zero-order valence-electron chi connectivity index (χ0n) is 12.8. The van der Waals surface area contributed by atoms with Gasteiger partial charge in [-0.25, -0.2) is 0 Å². The Morgan fingerprint density at radius 2 is 1.64 bits per heavy atom. The minimum atomic E-state index is 0.820. The molecule has 4 rings (SSSR count). The van der Waals surface area contributed by atoms with Crippen LogP contribution in [0.15, 0.2) is 48.9 Å². The third kappa shape index (κ3) is 3.03. The summed E-state index contributed by atoms with van der Waals surface area (Å²) in [5.74, 6) is 1.64. The summed E-state index contributed by atoms with van der Waals surface area (Å²) < 4.78 is 0. The summed E-state index contributed by atoms with van der Waals surface area (Å²) in [4.78, 5) is 13.8. The van der Waals surface area contributed by atoms with E-state index in [1.54, 1.807) is 0 Å². The third-order valence-corrected chi connectivity index (χ3v) is 4.88. The molecule has 0 N–H and O–H groups in total. The molecule has 2 atom stereocenters. The predicted molar refractivity (Wildman–Crippen MR) is 86.0 cm³/mol. The smallest absolute Gasteiger partial charge is 0.0543 e. The first-order valence-corrected chi connectivity index (χ1v) is 8.10. The van der Waals surface area contributed by atoms with Crippen molar-refractivity contribution in [2.24, 2.45) is 11.8 Å². The number of hydrogen-bond acceptors (Lipinski definition) is 4. The van der Waals surface area contributed by atoms with Crippen molar-refractivity contribution >= 4 is 0 Å². The first kappa shape index (κ1) is 13.9. The highest BCUT2D eigenvalue weighted by atomic mass is 15.2. The lowest BCUT2D eigenvalue weighted by Gasteiger charge is -2.21. The highest BCUT2D eigenvalue weighted by Crippen LogP contribution is 2.32. The Bertz CT molecular complexity index is 533. The molecule has 0 bridgehead atoms. The molecule has 4 heterocycles. The van der Waals surface area contributed by atoms with Gasteiger partial charge >= 0.3 is 0 Å². The molecule has 0 aromatic carbocycles. The number of hydrogen-bond donors (Lipinski definition) is 0. The van der Waals surface area contributed by atoms with Crippen molar-refractivity contribution < 1.29 is 0 Å². The van der Waals surface area contributed by atoms with E-state index < -0.39 is 0 Å². The zero-order chi connectivity index (χ0) is 14.8. The van der Waals surface area contributed by atoms with Crippen LogP contribution in [0.1, 0.15) is 11.3 Å². The molecule has 114 valence electrons. The Hall–Kier alpha value is -1.78. The van der Waals surface area contributed by atoms with Gasteiger partial charge in [-0.2, -0.15) is 0 Å². The van der Waals surface area contributed by atoms with E-state index in [2.05, 4.69) is 38.0 Å². The lowest BCUT2D eigenvalue weighted by molar-refractivity contribution is 0.244. The molecule has 4 heteroatoms. The van der Waals surface area contributed by atoms with Crippen LogP contribution in [0.4, 0.5) is 0 Å². The predicted octanol–water partition coefficient (Wildman–Crippen LogP) is 2.04. The Balaban J connectivity index is 1.31. The second-order valence-corrected chi connectivity index (χ2v) is 6.59. The van der Waals surface area contributed by atoms with Crippen LogP contribution in [0.3, 0.4) is 0 Å². The van der Waals surface area contributed by atoms with Crippen molar-refractivity contribution in [2.75, 3.05) is 26.2 Å². The van der Waals surface area contributed by atoms with Crippen LogP contribution >= 0.6 is 0 Å². The number of pyridine rings is 2. The SMILES string of the molecule is c1ccc(CN2C[C@H]3CN(Cc4cccnc4)C[C@H]3C2)nc1. The molecule has 0 saturated carbocycles. The Morgan fingerprint density at radius 3 is 2.27 bits per heavy atom. The number of rotatable bonds is 4. The molecular weight excluding hydrogens is 272 g/mol. The van der Waals surface area contributed by atoms with Crippen molar-refractivity contribution in [3.05, 3.63) is 60.2 Å². The van der Waals surface area contributed by atoms with Crippen molar-refractivity contribution in [3.8, 4) is 0 Å². The maximum atomic E-state index is 4.45. The molecule has 0 aliphatic carbocycles. The quantitative estimate of drug-likeness (QED) is 0.864. The van der Waals surface area contributed by atoms with Crippen molar-refractivity contribution in [3.63, 3.8) is 0 Å². The van der Waals surface area contributed by atoms with Gasteiger partial charge in [-0.15, -0.1) is 0 Å². The van der Waals surface area contributed by atoms with Crippen molar-refractivity contribution in [1.82, 2.24) is 19.8 Å². The van der Waals surface area contributed by atoms with Crippen LogP contribution in [0.25, 0.3) is 0 Å². The largest absolute Gasteiger partial charge is 0.298 e. The summed E-state index contributed by atoms with van der Waals surface area (Å²) in [5.41, 5.74) is 2.52. The van der Waals surface area contributed by atoms with Gasteiger partial charge in [0.25, 0.3) is 0 Å². The van der Waals surface area contributed by atoms with Crippen LogP contribution in [-0.4, -0.2) is 45.9 Å². The summed E-state index contributed by atoms with van der Waals surface area (Å²) in [6, 6.07) is 10.4. The summed E-state index contributed by atoms with van der Waals surface area (Å²) >= 11 is 0. The van der Waals surface area contributed by atoms with Gasteiger partial charge in [0.2, 0.25) is 0 Å². The molecule has 4 nitrogen and oxygen atoms in total. The van der Waals surface area contributed by atoms with E-state index >= 15 is 0 Å². The van der Waals surface area contributed by atoms with Gasteiger partial charge in [-0.05, 0) is 35.6 Å². The highest BCUT2D eigenvalue weighted by Gasteiger charge is 2.39. The first-order chi connectivity index (χ1) is 10.9. The molecule has 2 fully saturated rings. The minimum Gasteiger partial charge on any atom is -0.298 e. The molecule has 0 spiro atoms. The second kappa shape index (κ2) is 6.15. The molecule has 2 aromatic rings. The number of fused-ring (bicyclic) bond motifs is 1. The monoisotopic (exact) mass is 294 g/mol. The van der Waals surface area contributed by atoms with Gasteiger partial charge in [0.15, 0.2) is 0 Å². The van der Waals surface area contributed by atoms with E-state index in [4.69, 9.17) is 0 Å². The lowest BCUT2D eigenvalue weighted by atomic mass is 10.0. The van der Waals surface area contributed by atoms with Gasteiger partial charge in [0.05, 0.1) is 5.69 Å². The van der Waals surface area contributed by atoms with Crippen LogP contribution in [0.2, 0.25) is 0 Å².